The highest BCUT2D eigenvalue weighted by Crippen LogP contribution is 2.40. The minimum Gasteiger partial charge on any atom is -0.507 e. The van der Waals surface area contributed by atoms with Crippen LogP contribution in [0.2, 0.25) is 10.0 Å². The van der Waals surface area contributed by atoms with E-state index in [0.29, 0.717) is 0 Å². The van der Waals surface area contributed by atoms with E-state index in [9.17, 15) is 14.7 Å². The zero-order valence-electron chi connectivity index (χ0n) is 9.91. The Morgan fingerprint density at radius 2 is 1.65 bits per heavy atom. The number of aromatic hydroxyl groups is 1. The third-order valence-electron chi connectivity index (χ3n) is 3.24. The van der Waals surface area contributed by atoms with Crippen molar-refractivity contribution in [2.24, 2.45) is 0 Å². The fraction of sp³-hybridized carbons (Fsp3) is 0. The molecule has 1 aliphatic rings. The van der Waals surface area contributed by atoms with E-state index < -0.39 is 11.6 Å². The van der Waals surface area contributed by atoms with Crippen molar-refractivity contribution in [1.82, 2.24) is 0 Å². The van der Waals surface area contributed by atoms with E-state index in [1.165, 1.54) is 24.3 Å². The largest absolute Gasteiger partial charge is 0.507 e. The zero-order valence-corrected chi connectivity index (χ0v) is 11.4. The number of rotatable bonds is 0. The molecule has 20 heavy (non-hydrogen) atoms. The van der Waals surface area contributed by atoms with Gasteiger partial charge in [0.25, 0.3) is 0 Å². The lowest BCUT2D eigenvalue weighted by atomic mass is 9.82. The van der Waals surface area contributed by atoms with Crippen molar-refractivity contribution in [3.63, 3.8) is 0 Å². The van der Waals surface area contributed by atoms with E-state index in [4.69, 9.17) is 28.9 Å². The predicted molar refractivity (Wildman–Crippen MR) is 75.8 cm³/mol. The molecular formula is C14H7Cl2NO3. The van der Waals surface area contributed by atoms with Crippen LogP contribution in [0, 0.1) is 0 Å². The summed E-state index contributed by atoms with van der Waals surface area (Å²) in [5.41, 5.74) is 5.81. The summed E-state index contributed by atoms with van der Waals surface area (Å²) in [4.78, 5) is 24.9. The second-order valence-corrected chi connectivity index (χ2v) is 5.18. The molecule has 0 spiro atoms. The predicted octanol–water partition coefficient (Wildman–Crippen LogP) is 3.06. The average molecular weight is 308 g/mol. The Morgan fingerprint density at radius 3 is 2.35 bits per heavy atom. The van der Waals surface area contributed by atoms with E-state index in [1.54, 1.807) is 0 Å². The Balaban J connectivity index is 2.44. The highest BCUT2D eigenvalue weighted by atomic mass is 35.5. The van der Waals surface area contributed by atoms with Gasteiger partial charge >= 0.3 is 0 Å². The first-order valence-corrected chi connectivity index (χ1v) is 6.38. The molecule has 1 aliphatic carbocycles. The SMILES string of the molecule is Nc1c(Cl)cc(Cl)c2c1C(=O)c1cccc(O)c1C2=O. The standard InChI is InChI=1S/C14H7Cl2NO3/c15-6-4-7(16)12(17)11-10(6)14(20)9-5(13(11)19)2-1-3-8(9)18/h1-4,18H,17H2. The summed E-state index contributed by atoms with van der Waals surface area (Å²) < 4.78 is 0. The smallest absolute Gasteiger partial charge is 0.199 e. The van der Waals surface area contributed by atoms with Crippen molar-refractivity contribution in [1.29, 1.82) is 0 Å². The molecule has 0 saturated carbocycles. The maximum absolute atomic E-state index is 12.5. The molecule has 2 aromatic carbocycles. The van der Waals surface area contributed by atoms with Gasteiger partial charge in [0.1, 0.15) is 5.75 Å². The third-order valence-corrected chi connectivity index (χ3v) is 3.85. The van der Waals surface area contributed by atoms with E-state index in [2.05, 4.69) is 0 Å². The number of nitrogens with two attached hydrogens (primary N) is 1. The molecule has 0 atom stereocenters. The van der Waals surface area contributed by atoms with Crippen LogP contribution < -0.4 is 5.73 Å². The lowest BCUT2D eigenvalue weighted by Crippen LogP contribution is -2.23. The molecule has 0 aromatic heterocycles. The summed E-state index contributed by atoms with van der Waals surface area (Å²) in [6, 6.07) is 5.58. The third kappa shape index (κ3) is 1.55. The van der Waals surface area contributed by atoms with E-state index in [0.717, 1.165) is 0 Å². The molecule has 0 unspecified atom stereocenters. The van der Waals surface area contributed by atoms with E-state index >= 15 is 0 Å². The number of phenolic OH excluding ortho intramolecular Hbond substituents is 1. The fourth-order valence-corrected chi connectivity index (χ4v) is 2.87. The summed E-state index contributed by atoms with van der Waals surface area (Å²) in [5, 5.41) is 9.95. The molecule has 0 amide bonds. The lowest BCUT2D eigenvalue weighted by Gasteiger charge is -2.21. The van der Waals surface area contributed by atoms with Crippen LogP contribution >= 0.6 is 23.2 Å². The minimum atomic E-state index is -0.541. The van der Waals surface area contributed by atoms with Crippen LogP contribution in [-0.4, -0.2) is 16.7 Å². The van der Waals surface area contributed by atoms with Crippen LogP contribution in [-0.2, 0) is 0 Å². The fourth-order valence-electron chi connectivity index (χ4n) is 2.32. The van der Waals surface area contributed by atoms with E-state index in [1.807, 2.05) is 0 Å². The molecule has 0 radical (unpaired) electrons. The molecule has 100 valence electrons. The van der Waals surface area contributed by atoms with Gasteiger partial charge in [0.2, 0.25) is 0 Å². The molecule has 6 heteroatoms. The van der Waals surface area contributed by atoms with Gasteiger partial charge in [-0.2, -0.15) is 0 Å². The number of halogens is 2. The topological polar surface area (TPSA) is 80.4 Å². The number of ketones is 2. The highest BCUT2D eigenvalue weighted by Gasteiger charge is 2.35. The molecule has 0 fully saturated rings. The Morgan fingerprint density at radius 1 is 0.950 bits per heavy atom. The zero-order chi connectivity index (χ0) is 14.6. The maximum atomic E-state index is 12.5. The number of phenols is 1. The van der Waals surface area contributed by atoms with Crippen molar-refractivity contribution in [3.05, 3.63) is 56.6 Å². The van der Waals surface area contributed by atoms with Gasteiger partial charge in [0.05, 0.1) is 32.4 Å². The number of nitrogen functional groups attached to an aromatic ring is 1. The number of hydrogen-bond acceptors (Lipinski definition) is 4. The molecule has 4 nitrogen and oxygen atoms in total. The molecule has 3 rings (SSSR count). The summed E-state index contributed by atoms with van der Waals surface area (Å²) in [5.74, 6) is -1.29. The van der Waals surface area contributed by atoms with Gasteiger partial charge in [-0.1, -0.05) is 35.3 Å². The summed E-state index contributed by atoms with van der Waals surface area (Å²) in [7, 11) is 0. The second kappa shape index (κ2) is 4.23. The van der Waals surface area contributed by atoms with Gasteiger partial charge in [-0.25, -0.2) is 0 Å². The van der Waals surface area contributed by atoms with Gasteiger partial charge in [-0.15, -0.1) is 0 Å². The van der Waals surface area contributed by atoms with Crippen molar-refractivity contribution in [2.75, 3.05) is 5.73 Å². The molecule has 0 aliphatic heterocycles. The number of carbonyl (C=O) groups excluding carboxylic acids is 2. The quantitative estimate of drug-likeness (QED) is 0.625. The number of hydrogen-bond donors (Lipinski definition) is 2. The first-order chi connectivity index (χ1) is 9.43. The van der Waals surface area contributed by atoms with Crippen LogP contribution in [0.1, 0.15) is 31.8 Å². The van der Waals surface area contributed by atoms with Crippen molar-refractivity contribution in [2.45, 2.75) is 0 Å². The van der Waals surface area contributed by atoms with Crippen molar-refractivity contribution < 1.29 is 14.7 Å². The lowest BCUT2D eigenvalue weighted by molar-refractivity contribution is 0.0977. The van der Waals surface area contributed by atoms with Gasteiger partial charge in [0, 0.05) is 5.56 Å². The van der Waals surface area contributed by atoms with Crippen LogP contribution in [0.3, 0.4) is 0 Å². The summed E-state index contributed by atoms with van der Waals surface area (Å²) in [6.45, 7) is 0. The van der Waals surface area contributed by atoms with Crippen LogP contribution in [0.5, 0.6) is 5.75 Å². The Kier molecular flexibility index (Phi) is 2.74. The monoisotopic (exact) mass is 307 g/mol. The van der Waals surface area contributed by atoms with Crippen LogP contribution in [0.4, 0.5) is 5.69 Å². The number of anilines is 1. The molecule has 0 bridgehead atoms. The Labute approximate surface area is 123 Å². The average Bonchev–Trinajstić information content (AvgIpc) is 2.40. The molecule has 0 saturated heterocycles. The number of carbonyl (C=O) groups is 2. The van der Waals surface area contributed by atoms with Crippen molar-refractivity contribution >= 4 is 40.5 Å². The van der Waals surface area contributed by atoms with Gasteiger partial charge in [-0.3, -0.25) is 9.59 Å². The number of fused-ring (bicyclic) bond motifs is 2. The van der Waals surface area contributed by atoms with Gasteiger partial charge in [0.15, 0.2) is 11.6 Å². The van der Waals surface area contributed by atoms with Gasteiger partial charge < -0.3 is 10.8 Å². The minimum absolute atomic E-state index is 0.00870. The summed E-state index contributed by atoms with van der Waals surface area (Å²) >= 11 is 11.9. The van der Waals surface area contributed by atoms with E-state index in [-0.39, 0.29) is 43.7 Å². The van der Waals surface area contributed by atoms with Crippen molar-refractivity contribution in [3.8, 4) is 5.75 Å². The molecule has 2 aromatic rings. The first-order valence-electron chi connectivity index (χ1n) is 5.62. The molecule has 0 heterocycles. The van der Waals surface area contributed by atoms with Crippen LogP contribution in [0.25, 0.3) is 0 Å². The highest BCUT2D eigenvalue weighted by molar-refractivity contribution is 6.43. The number of benzene rings is 2. The first kappa shape index (κ1) is 13.0. The molecular weight excluding hydrogens is 301 g/mol. The summed E-state index contributed by atoms with van der Waals surface area (Å²) in [6.07, 6.45) is 0. The Bertz CT molecular complexity index is 799. The Hall–Kier alpha value is -2.04. The van der Waals surface area contributed by atoms with Crippen LogP contribution in [0.15, 0.2) is 24.3 Å². The molecule has 3 N–H and O–H groups in total. The van der Waals surface area contributed by atoms with Gasteiger partial charge in [-0.05, 0) is 12.1 Å². The second-order valence-electron chi connectivity index (χ2n) is 4.36. The maximum Gasteiger partial charge on any atom is 0.199 e. The normalized spacial score (nSPS) is 13.1.